The van der Waals surface area contributed by atoms with Crippen molar-refractivity contribution >= 4 is 5.91 Å². The standard InChI is InChI=1S/C10H19N5O/c1-10(2,11)4-3-9(16)12-5-7-15-8-6-13-14-15/h6,8H,3-5,7,11H2,1-2H3,(H,12,16). The Bertz CT molecular complexity index is 314. The zero-order chi connectivity index (χ0) is 12.0. The van der Waals surface area contributed by atoms with Crippen LogP contribution in [0.3, 0.4) is 0 Å². The average Bonchev–Trinajstić information content (AvgIpc) is 2.66. The van der Waals surface area contributed by atoms with E-state index in [-0.39, 0.29) is 11.4 Å². The van der Waals surface area contributed by atoms with Crippen molar-refractivity contribution in [1.82, 2.24) is 20.3 Å². The third-order valence-electron chi connectivity index (χ3n) is 2.13. The summed E-state index contributed by atoms with van der Waals surface area (Å²) in [5, 5.41) is 10.3. The second kappa shape index (κ2) is 5.60. The number of nitrogens with zero attached hydrogens (tertiary/aromatic N) is 3. The van der Waals surface area contributed by atoms with Crippen molar-refractivity contribution in [3.63, 3.8) is 0 Å². The van der Waals surface area contributed by atoms with Crippen LogP contribution in [-0.4, -0.2) is 33.0 Å². The van der Waals surface area contributed by atoms with Crippen molar-refractivity contribution in [2.75, 3.05) is 6.54 Å². The third-order valence-corrected chi connectivity index (χ3v) is 2.13. The van der Waals surface area contributed by atoms with Crippen molar-refractivity contribution in [3.8, 4) is 0 Å². The van der Waals surface area contributed by atoms with Crippen LogP contribution in [0.5, 0.6) is 0 Å². The highest BCUT2D eigenvalue weighted by Gasteiger charge is 2.12. The van der Waals surface area contributed by atoms with E-state index in [4.69, 9.17) is 5.73 Å². The Morgan fingerprint density at radius 3 is 2.88 bits per heavy atom. The molecule has 0 spiro atoms. The molecule has 0 aliphatic rings. The van der Waals surface area contributed by atoms with Gasteiger partial charge in [-0.15, -0.1) is 5.10 Å². The first-order valence-corrected chi connectivity index (χ1v) is 5.37. The second-order valence-electron chi connectivity index (χ2n) is 4.50. The fourth-order valence-electron chi connectivity index (χ4n) is 1.19. The predicted octanol–water partition coefficient (Wildman–Crippen LogP) is -0.0882. The van der Waals surface area contributed by atoms with E-state index in [1.165, 1.54) is 0 Å². The molecule has 0 bridgehead atoms. The van der Waals surface area contributed by atoms with Crippen LogP contribution in [0.15, 0.2) is 12.4 Å². The van der Waals surface area contributed by atoms with E-state index in [0.717, 1.165) is 0 Å². The van der Waals surface area contributed by atoms with Crippen LogP contribution >= 0.6 is 0 Å². The summed E-state index contributed by atoms with van der Waals surface area (Å²) in [6, 6.07) is 0. The summed E-state index contributed by atoms with van der Waals surface area (Å²) in [6.07, 6.45) is 4.51. The molecule has 3 N–H and O–H groups in total. The molecule has 1 aromatic heterocycles. The number of rotatable bonds is 6. The average molecular weight is 225 g/mol. The smallest absolute Gasteiger partial charge is 0.220 e. The molecule has 0 aliphatic carbocycles. The summed E-state index contributed by atoms with van der Waals surface area (Å²) in [5.74, 6) is 0.0265. The van der Waals surface area contributed by atoms with Gasteiger partial charge in [-0.25, -0.2) is 0 Å². The predicted molar refractivity (Wildman–Crippen MR) is 60.5 cm³/mol. The van der Waals surface area contributed by atoms with Crippen molar-refractivity contribution in [3.05, 3.63) is 12.4 Å². The fraction of sp³-hybridized carbons (Fsp3) is 0.700. The topological polar surface area (TPSA) is 85.8 Å². The minimum absolute atomic E-state index is 0.0265. The second-order valence-corrected chi connectivity index (χ2v) is 4.50. The lowest BCUT2D eigenvalue weighted by Crippen LogP contribution is -2.35. The highest BCUT2D eigenvalue weighted by Crippen LogP contribution is 2.06. The largest absolute Gasteiger partial charge is 0.354 e. The highest BCUT2D eigenvalue weighted by atomic mass is 16.1. The lowest BCUT2D eigenvalue weighted by atomic mass is 10.00. The molecule has 1 amide bonds. The summed E-state index contributed by atoms with van der Waals surface area (Å²) in [6.45, 7) is 5.02. The lowest BCUT2D eigenvalue weighted by Gasteiger charge is -2.17. The Hall–Kier alpha value is -1.43. The summed E-state index contributed by atoms with van der Waals surface area (Å²) < 4.78 is 1.67. The molecule has 0 saturated heterocycles. The van der Waals surface area contributed by atoms with Gasteiger partial charge in [-0.2, -0.15) is 0 Å². The van der Waals surface area contributed by atoms with Crippen LogP contribution < -0.4 is 11.1 Å². The summed E-state index contributed by atoms with van der Waals surface area (Å²) in [7, 11) is 0. The number of nitrogens with one attached hydrogen (secondary N) is 1. The zero-order valence-corrected chi connectivity index (χ0v) is 9.81. The van der Waals surface area contributed by atoms with Crippen LogP contribution in [0.4, 0.5) is 0 Å². The van der Waals surface area contributed by atoms with Gasteiger partial charge in [0.1, 0.15) is 0 Å². The Morgan fingerprint density at radius 1 is 1.56 bits per heavy atom. The minimum Gasteiger partial charge on any atom is -0.354 e. The van der Waals surface area contributed by atoms with E-state index in [2.05, 4.69) is 15.6 Å². The van der Waals surface area contributed by atoms with E-state index in [1.807, 2.05) is 13.8 Å². The SMILES string of the molecule is CC(C)(N)CCC(=O)NCCn1ccnn1. The van der Waals surface area contributed by atoms with Gasteiger partial charge in [-0.05, 0) is 20.3 Å². The Balaban J connectivity index is 2.11. The molecular formula is C10H19N5O. The summed E-state index contributed by atoms with van der Waals surface area (Å²) in [4.78, 5) is 11.4. The van der Waals surface area contributed by atoms with Gasteiger partial charge in [0.05, 0.1) is 12.7 Å². The van der Waals surface area contributed by atoms with Crippen LogP contribution in [0.1, 0.15) is 26.7 Å². The maximum absolute atomic E-state index is 11.4. The third kappa shape index (κ3) is 5.45. The number of hydrogen-bond donors (Lipinski definition) is 2. The number of carbonyl (C=O) groups excluding carboxylic acids is 1. The zero-order valence-electron chi connectivity index (χ0n) is 9.81. The van der Waals surface area contributed by atoms with E-state index in [1.54, 1.807) is 17.1 Å². The minimum atomic E-state index is -0.288. The normalized spacial score (nSPS) is 11.4. The lowest BCUT2D eigenvalue weighted by molar-refractivity contribution is -0.121. The van der Waals surface area contributed by atoms with Crippen molar-refractivity contribution in [1.29, 1.82) is 0 Å². The Kier molecular flexibility index (Phi) is 4.42. The maximum Gasteiger partial charge on any atom is 0.220 e. The van der Waals surface area contributed by atoms with Crippen molar-refractivity contribution < 1.29 is 4.79 Å². The molecule has 0 aliphatic heterocycles. The monoisotopic (exact) mass is 225 g/mol. The summed E-state index contributed by atoms with van der Waals surface area (Å²) in [5.41, 5.74) is 5.50. The van der Waals surface area contributed by atoms with Gasteiger partial charge in [0.25, 0.3) is 0 Å². The molecule has 0 radical (unpaired) electrons. The number of aromatic nitrogens is 3. The Labute approximate surface area is 95.2 Å². The molecule has 1 rings (SSSR count). The van der Waals surface area contributed by atoms with Gasteiger partial charge < -0.3 is 11.1 Å². The van der Waals surface area contributed by atoms with Gasteiger partial charge in [-0.3, -0.25) is 9.48 Å². The van der Waals surface area contributed by atoms with Gasteiger partial charge in [0, 0.05) is 24.7 Å². The molecule has 16 heavy (non-hydrogen) atoms. The van der Waals surface area contributed by atoms with Crippen LogP contribution in [-0.2, 0) is 11.3 Å². The quantitative estimate of drug-likeness (QED) is 0.708. The molecule has 0 atom stereocenters. The molecule has 0 aromatic carbocycles. The van der Waals surface area contributed by atoms with Crippen molar-refractivity contribution in [2.45, 2.75) is 38.8 Å². The van der Waals surface area contributed by atoms with Gasteiger partial charge >= 0.3 is 0 Å². The first-order chi connectivity index (χ1) is 7.47. The molecule has 0 saturated carbocycles. The molecule has 1 aromatic rings. The molecule has 0 fully saturated rings. The van der Waals surface area contributed by atoms with Gasteiger partial charge in [0.2, 0.25) is 5.91 Å². The van der Waals surface area contributed by atoms with Crippen molar-refractivity contribution in [2.24, 2.45) is 5.73 Å². The van der Waals surface area contributed by atoms with Crippen LogP contribution in [0, 0.1) is 0 Å². The Morgan fingerprint density at radius 2 is 2.31 bits per heavy atom. The molecule has 6 heteroatoms. The summed E-state index contributed by atoms with van der Waals surface area (Å²) >= 11 is 0. The first kappa shape index (κ1) is 12.6. The molecule has 0 unspecified atom stereocenters. The van der Waals surface area contributed by atoms with E-state index in [9.17, 15) is 4.79 Å². The first-order valence-electron chi connectivity index (χ1n) is 5.37. The molecule has 90 valence electrons. The van der Waals surface area contributed by atoms with Gasteiger partial charge in [0.15, 0.2) is 0 Å². The number of hydrogen-bond acceptors (Lipinski definition) is 4. The number of nitrogens with two attached hydrogens (primary N) is 1. The van der Waals surface area contributed by atoms with Crippen LogP contribution in [0.25, 0.3) is 0 Å². The number of carbonyl (C=O) groups is 1. The fourth-order valence-corrected chi connectivity index (χ4v) is 1.19. The number of amides is 1. The molecule has 1 heterocycles. The maximum atomic E-state index is 11.4. The molecule has 6 nitrogen and oxygen atoms in total. The highest BCUT2D eigenvalue weighted by molar-refractivity contribution is 5.75. The molecular weight excluding hydrogens is 206 g/mol. The van der Waals surface area contributed by atoms with E-state index in [0.29, 0.717) is 25.9 Å². The van der Waals surface area contributed by atoms with E-state index >= 15 is 0 Å². The van der Waals surface area contributed by atoms with E-state index < -0.39 is 0 Å². The van der Waals surface area contributed by atoms with Crippen LogP contribution in [0.2, 0.25) is 0 Å². The van der Waals surface area contributed by atoms with Gasteiger partial charge in [-0.1, -0.05) is 5.21 Å².